The zero-order valence-electron chi connectivity index (χ0n) is 25.0. The minimum Gasteiger partial charge on any atom is -0.444 e. The Bertz CT molecular complexity index is 1620. The summed E-state index contributed by atoms with van der Waals surface area (Å²) in [7, 11) is 0. The van der Waals surface area contributed by atoms with Gasteiger partial charge in [0.05, 0.1) is 15.3 Å². The van der Waals surface area contributed by atoms with E-state index in [4.69, 9.17) is 4.74 Å². The van der Waals surface area contributed by atoms with Crippen molar-refractivity contribution in [3.8, 4) is 0 Å². The van der Waals surface area contributed by atoms with E-state index < -0.39 is 22.7 Å². The van der Waals surface area contributed by atoms with Crippen molar-refractivity contribution in [3.05, 3.63) is 84.0 Å². The third-order valence-electron chi connectivity index (χ3n) is 7.08. The van der Waals surface area contributed by atoms with Crippen molar-refractivity contribution in [1.29, 1.82) is 0 Å². The lowest BCUT2D eigenvalue weighted by Gasteiger charge is -2.41. The lowest BCUT2D eigenvalue weighted by molar-refractivity contribution is 0.0160. The van der Waals surface area contributed by atoms with Gasteiger partial charge in [-0.25, -0.2) is 24.1 Å². The van der Waals surface area contributed by atoms with E-state index in [2.05, 4.69) is 30.6 Å². The summed E-state index contributed by atoms with van der Waals surface area (Å²) in [6.07, 6.45) is 7.22. The molecule has 1 fully saturated rings. The second kappa shape index (κ2) is 13.3. The van der Waals surface area contributed by atoms with E-state index in [-0.39, 0.29) is 23.2 Å². The molecule has 2 N–H and O–H groups in total. The summed E-state index contributed by atoms with van der Waals surface area (Å²) < 4.78 is 21.9. The lowest BCUT2D eigenvalue weighted by Crippen LogP contribution is -2.51. The lowest BCUT2D eigenvalue weighted by atomic mass is 9.75. The van der Waals surface area contributed by atoms with E-state index in [1.807, 2.05) is 58.0 Å². The number of nitrogens with zero attached hydrogens (tertiary/aromatic N) is 5. The molecule has 5 rings (SSSR count). The molecular formula is C31H34FN7O3S2. The molecule has 13 heteroatoms. The van der Waals surface area contributed by atoms with Gasteiger partial charge in [0, 0.05) is 49.3 Å². The molecule has 0 bridgehead atoms. The number of pyridine rings is 3. The maximum atomic E-state index is 15.6. The van der Waals surface area contributed by atoms with E-state index >= 15 is 4.39 Å². The number of hydrogen-bond donors (Lipinski definition) is 2. The number of hydrogen-bond acceptors (Lipinski definition) is 10. The van der Waals surface area contributed by atoms with Crippen LogP contribution in [0.1, 0.15) is 55.4 Å². The second-order valence-corrected chi connectivity index (χ2v) is 13.9. The van der Waals surface area contributed by atoms with Gasteiger partial charge in [-0.3, -0.25) is 9.78 Å². The van der Waals surface area contributed by atoms with Gasteiger partial charge in [0.1, 0.15) is 11.4 Å². The van der Waals surface area contributed by atoms with E-state index in [1.54, 1.807) is 23.5 Å². The van der Waals surface area contributed by atoms with E-state index in [1.165, 1.54) is 35.4 Å². The smallest absolute Gasteiger partial charge is 0.410 e. The molecule has 0 aromatic carbocycles. The Hall–Kier alpha value is -4.10. The Balaban J connectivity index is 1.26. The molecular weight excluding hydrogens is 602 g/mol. The van der Waals surface area contributed by atoms with Crippen molar-refractivity contribution in [1.82, 2.24) is 30.2 Å². The van der Waals surface area contributed by atoms with Crippen LogP contribution in [0.4, 0.5) is 20.1 Å². The van der Waals surface area contributed by atoms with Gasteiger partial charge in [-0.15, -0.1) is 0 Å². The average molecular weight is 636 g/mol. The molecule has 5 heterocycles. The van der Waals surface area contributed by atoms with Crippen molar-refractivity contribution in [3.63, 3.8) is 0 Å². The van der Waals surface area contributed by atoms with Gasteiger partial charge in [-0.2, -0.15) is 0 Å². The third-order valence-corrected chi connectivity index (χ3v) is 9.13. The van der Waals surface area contributed by atoms with Gasteiger partial charge in [-0.1, -0.05) is 29.2 Å². The molecule has 0 radical (unpaired) electrons. The highest BCUT2D eigenvalue weighted by molar-refractivity contribution is 8.01. The summed E-state index contributed by atoms with van der Waals surface area (Å²) in [5.41, 5.74) is 0.441. The molecule has 4 aromatic rings. The van der Waals surface area contributed by atoms with Gasteiger partial charge >= 0.3 is 6.09 Å². The number of carbonyl (C=O) groups is 2. The van der Waals surface area contributed by atoms with Crippen LogP contribution < -0.4 is 10.6 Å². The monoisotopic (exact) mass is 635 g/mol. The number of anilines is 2. The molecule has 2 amide bonds. The summed E-state index contributed by atoms with van der Waals surface area (Å²) in [6.45, 7) is 8.56. The molecule has 1 saturated heterocycles. The first-order chi connectivity index (χ1) is 21.0. The van der Waals surface area contributed by atoms with Crippen LogP contribution in [0.5, 0.6) is 0 Å². The highest BCUT2D eigenvalue weighted by atomic mass is 32.2. The number of nitrogens with one attached hydrogen (secondary N) is 2. The summed E-state index contributed by atoms with van der Waals surface area (Å²) in [6, 6.07) is 11.0. The van der Waals surface area contributed by atoms with Crippen molar-refractivity contribution in [2.45, 2.75) is 60.7 Å². The zero-order chi connectivity index (χ0) is 31.3. The van der Waals surface area contributed by atoms with Crippen LogP contribution in [0, 0.1) is 12.7 Å². The van der Waals surface area contributed by atoms with Crippen molar-refractivity contribution < 1.29 is 18.7 Å². The summed E-state index contributed by atoms with van der Waals surface area (Å²) in [5.74, 6) is -0.652. The van der Waals surface area contributed by atoms with E-state index in [9.17, 15) is 9.59 Å². The molecule has 0 spiro atoms. The maximum Gasteiger partial charge on any atom is 0.410 e. The molecule has 0 aliphatic carbocycles. The van der Waals surface area contributed by atoms with Gasteiger partial charge in [0.2, 0.25) is 0 Å². The molecule has 10 nitrogen and oxygen atoms in total. The molecule has 0 unspecified atom stereocenters. The van der Waals surface area contributed by atoms with Crippen molar-refractivity contribution >= 4 is 46.0 Å². The molecule has 0 atom stereocenters. The number of ether oxygens (including phenoxy) is 1. The number of likely N-dealkylation sites (tertiary alicyclic amines) is 1. The highest BCUT2D eigenvalue weighted by Crippen LogP contribution is 2.37. The largest absolute Gasteiger partial charge is 0.444 e. The van der Waals surface area contributed by atoms with E-state index in [0.717, 1.165) is 15.5 Å². The molecule has 0 saturated carbocycles. The summed E-state index contributed by atoms with van der Waals surface area (Å²) in [4.78, 5) is 45.2. The highest BCUT2D eigenvalue weighted by Gasteiger charge is 2.40. The Morgan fingerprint density at radius 2 is 1.84 bits per heavy atom. The Labute approximate surface area is 263 Å². The van der Waals surface area contributed by atoms with Gasteiger partial charge in [0.25, 0.3) is 5.91 Å². The second-order valence-electron chi connectivity index (χ2n) is 11.5. The topological polar surface area (TPSA) is 122 Å². The van der Waals surface area contributed by atoms with Gasteiger partial charge in [-0.05, 0) is 76.4 Å². The number of aromatic nitrogens is 4. The number of thiazole rings is 1. The average Bonchev–Trinajstić information content (AvgIpc) is 3.43. The maximum absolute atomic E-state index is 15.6. The van der Waals surface area contributed by atoms with Crippen LogP contribution in [0.15, 0.2) is 70.3 Å². The molecule has 44 heavy (non-hydrogen) atoms. The normalized spacial score (nSPS) is 14.6. The first-order valence-corrected chi connectivity index (χ1v) is 15.8. The van der Waals surface area contributed by atoms with Gasteiger partial charge < -0.3 is 20.3 Å². The predicted molar refractivity (Wildman–Crippen MR) is 168 cm³/mol. The standard InChI is InChI=1S/C31H34FN7O3S2/c1-20-8-13-34-23(17-20)38-28-36-18-24(44-28)43-21-9-14-35-26(25(21)32)27(40)37-19-31(22-7-5-6-12-33-22)10-15-39(16-11-31)29(41)42-30(2,3)4/h5-9,12-14,17-18H,10-11,15-16,19H2,1-4H3,(H,37,40)(H,34,36,38). The van der Waals surface area contributed by atoms with Crippen LogP contribution in [0.2, 0.25) is 0 Å². The number of halogens is 1. The Kier molecular flexibility index (Phi) is 9.45. The number of carbonyl (C=O) groups excluding carboxylic acids is 2. The third kappa shape index (κ3) is 7.69. The van der Waals surface area contributed by atoms with Crippen LogP contribution >= 0.6 is 23.1 Å². The predicted octanol–water partition coefficient (Wildman–Crippen LogP) is 6.37. The summed E-state index contributed by atoms with van der Waals surface area (Å²) in [5, 5.41) is 6.68. The fourth-order valence-electron chi connectivity index (χ4n) is 4.83. The number of aryl methyl sites for hydroxylation is 1. The molecule has 4 aromatic heterocycles. The zero-order valence-corrected chi connectivity index (χ0v) is 26.6. The SMILES string of the molecule is Cc1ccnc(Nc2ncc(Sc3ccnc(C(=O)NCC4(c5ccccn5)CCN(C(=O)OC(C)(C)C)CC4)c3F)s2)c1. The summed E-state index contributed by atoms with van der Waals surface area (Å²) >= 11 is 2.52. The number of amides is 2. The van der Waals surface area contributed by atoms with Gasteiger partial charge in [0.15, 0.2) is 16.6 Å². The Morgan fingerprint density at radius 3 is 2.55 bits per heavy atom. The Morgan fingerprint density at radius 1 is 1.07 bits per heavy atom. The number of piperidine rings is 1. The van der Waals surface area contributed by atoms with Crippen LogP contribution in [-0.2, 0) is 10.2 Å². The van der Waals surface area contributed by atoms with Crippen LogP contribution in [0.25, 0.3) is 0 Å². The van der Waals surface area contributed by atoms with Crippen LogP contribution in [-0.4, -0.2) is 62.1 Å². The first kappa shape index (κ1) is 31.3. The minimum absolute atomic E-state index is 0.209. The quantitative estimate of drug-likeness (QED) is 0.227. The fraction of sp³-hybridized carbons (Fsp3) is 0.355. The first-order valence-electron chi connectivity index (χ1n) is 14.2. The van der Waals surface area contributed by atoms with Crippen LogP contribution in [0.3, 0.4) is 0 Å². The van der Waals surface area contributed by atoms with E-state index in [0.29, 0.717) is 36.9 Å². The molecule has 230 valence electrons. The fourth-order valence-corrected chi connectivity index (χ4v) is 6.69. The number of rotatable bonds is 8. The molecule has 1 aliphatic heterocycles. The van der Waals surface area contributed by atoms with Crippen molar-refractivity contribution in [2.24, 2.45) is 0 Å². The van der Waals surface area contributed by atoms with Crippen molar-refractivity contribution in [2.75, 3.05) is 25.0 Å². The minimum atomic E-state index is -0.704. The molecule has 1 aliphatic rings.